The van der Waals surface area contributed by atoms with Crippen molar-refractivity contribution in [1.29, 1.82) is 0 Å². The first kappa shape index (κ1) is 29.0. The van der Waals surface area contributed by atoms with Gasteiger partial charge in [-0.1, -0.05) is 158 Å². The molecule has 11 rings (SSSR count). The molecule has 240 valence electrons. The Kier molecular flexibility index (Phi) is 6.35. The molecular formula is C52H32. The lowest BCUT2D eigenvalue weighted by molar-refractivity contribution is 1.65. The van der Waals surface area contributed by atoms with Crippen LogP contribution in [0.4, 0.5) is 0 Å². The van der Waals surface area contributed by atoms with Crippen LogP contribution < -0.4 is 0 Å². The second-order valence-corrected chi connectivity index (χ2v) is 14.1. The van der Waals surface area contributed by atoms with Crippen LogP contribution in [0.5, 0.6) is 0 Å². The minimum absolute atomic E-state index is 1.22. The van der Waals surface area contributed by atoms with Crippen LogP contribution in [0, 0.1) is 0 Å². The minimum Gasteiger partial charge on any atom is -0.0616 e. The zero-order chi connectivity index (χ0) is 34.2. The van der Waals surface area contributed by atoms with E-state index in [2.05, 4.69) is 194 Å². The van der Waals surface area contributed by atoms with Gasteiger partial charge in [0, 0.05) is 0 Å². The summed E-state index contributed by atoms with van der Waals surface area (Å²) in [6.07, 6.45) is 0. The lowest BCUT2D eigenvalue weighted by atomic mass is 9.85. The van der Waals surface area contributed by atoms with Gasteiger partial charge in [-0.05, 0) is 145 Å². The molecule has 0 aliphatic heterocycles. The van der Waals surface area contributed by atoms with Crippen LogP contribution in [-0.4, -0.2) is 0 Å². The van der Waals surface area contributed by atoms with Crippen molar-refractivity contribution in [3.63, 3.8) is 0 Å². The van der Waals surface area contributed by atoms with Crippen molar-refractivity contribution in [2.45, 2.75) is 0 Å². The van der Waals surface area contributed by atoms with Gasteiger partial charge in [-0.2, -0.15) is 0 Å². The fourth-order valence-electron chi connectivity index (χ4n) is 8.66. The Morgan fingerprint density at radius 1 is 0.192 bits per heavy atom. The summed E-state index contributed by atoms with van der Waals surface area (Å²) < 4.78 is 0. The largest absolute Gasteiger partial charge is 0.0616 e. The molecule has 0 bridgehead atoms. The number of hydrogen-bond donors (Lipinski definition) is 0. The fraction of sp³-hybridized carbons (Fsp3) is 0. The monoisotopic (exact) mass is 656 g/mol. The minimum atomic E-state index is 1.22. The summed E-state index contributed by atoms with van der Waals surface area (Å²) in [5, 5.41) is 17.9. The van der Waals surface area contributed by atoms with E-state index in [0.29, 0.717) is 0 Å². The summed E-state index contributed by atoms with van der Waals surface area (Å²) in [6, 6.07) is 72.0. The summed E-state index contributed by atoms with van der Waals surface area (Å²) >= 11 is 0. The maximum absolute atomic E-state index is 2.46. The third-order valence-electron chi connectivity index (χ3n) is 11.2. The van der Waals surface area contributed by atoms with Crippen molar-refractivity contribution in [3.05, 3.63) is 194 Å². The van der Waals surface area contributed by atoms with Crippen LogP contribution >= 0.6 is 0 Å². The average molecular weight is 657 g/mol. The molecule has 52 heavy (non-hydrogen) atoms. The Labute approximate surface area is 301 Å². The molecule has 0 radical (unpaired) electrons. The first-order valence-corrected chi connectivity index (χ1v) is 18.1. The molecule has 0 aliphatic rings. The molecule has 0 atom stereocenters. The van der Waals surface area contributed by atoms with Crippen LogP contribution in [0.2, 0.25) is 0 Å². The summed E-state index contributed by atoms with van der Waals surface area (Å²) in [5.74, 6) is 0. The number of fused-ring (bicyclic) bond motifs is 11. The van der Waals surface area contributed by atoms with Gasteiger partial charge in [-0.25, -0.2) is 0 Å². The topological polar surface area (TPSA) is 0 Å². The maximum Gasteiger partial charge on any atom is -0.00199 e. The van der Waals surface area contributed by atoms with Crippen LogP contribution in [0.1, 0.15) is 0 Å². The Bertz CT molecular complexity index is 3240. The highest BCUT2D eigenvalue weighted by Gasteiger charge is 2.17. The van der Waals surface area contributed by atoms with Crippen LogP contribution in [-0.2, 0) is 0 Å². The molecule has 0 heterocycles. The van der Waals surface area contributed by atoms with Crippen molar-refractivity contribution in [2.75, 3.05) is 0 Å². The molecule has 0 nitrogen and oxygen atoms in total. The lowest BCUT2D eigenvalue weighted by Crippen LogP contribution is -1.90. The zero-order valence-electron chi connectivity index (χ0n) is 28.5. The average Bonchev–Trinajstić information content (AvgIpc) is 3.22. The molecule has 0 saturated carbocycles. The molecule has 0 N–H and O–H groups in total. The first-order valence-electron chi connectivity index (χ1n) is 18.1. The predicted molar refractivity (Wildman–Crippen MR) is 225 cm³/mol. The highest BCUT2D eigenvalue weighted by Crippen LogP contribution is 2.45. The molecule has 0 amide bonds. The van der Waals surface area contributed by atoms with E-state index < -0.39 is 0 Å². The normalized spacial score (nSPS) is 11.8. The SMILES string of the molecule is c1ccc2cc(-c3ccc4cc(-c5cc(-c6cc7c8ccccc8c8ccccc8c7c7ccccc67)c6ccccc6c5)ccc4c3)ccc2c1. The van der Waals surface area contributed by atoms with Crippen LogP contribution in [0.25, 0.3) is 109 Å². The summed E-state index contributed by atoms with van der Waals surface area (Å²) in [4.78, 5) is 0. The van der Waals surface area contributed by atoms with Gasteiger partial charge in [-0.3, -0.25) is 0 Å². The van der Waals surface area contributed by atoms with Crippen LogP contribution in [0.3, 0.4) is 0 Å². The molecule has 0 saturated heterocycles. The fourth-order valence-corrected chi connectivity index (χ4v) is 8.66. The summed E-state index contributed by atoms with van der Waals surface area (Å²) in [7, 11) is 0. The van der Waals surface area contributed by atoms with E-state index in [-0.39, 0.29) is 0 Å². The van der Waals surface area contributed by atoms with Crippen molar-refractivity contribution in [3.8, 4) is 33.4 Å². The molecule has 11 aromatic carbocycles. The number of rotatable bonds is 3. The van der Waals surface area contributed by atoms with Gasteiger partial charge >= 0.3 is 0 Å². The molecule has 0 aromatic heterocycles. The predicted octanol–water partition coefficient (Wildman–Crippen LogP) is 14.8. The van der Waals surface area contributed by atoms with E-state index in [0.717, 1.165) is 0 Å². The molecule has 0 fully saturated rings. The van der Waals surface area contributed by atoms with Crippen LogP contribution in [0.15, 0.2) is 194 Å². The van der Waals surface area contributed by atoms with Gasteiger partial charge in [-0.15, -0.1) is 0 Å². The molecule has 0 aliphatic carbocycles. The third kappa shape index (κ3) is 4.48. The van der Waals surface area contributed by atoms with Gasteiger partial charge in [0.15, 0.2) is 0 Å². The molecule has 0 unspecified atom stereocenters. The number of hydrogen-bond acceptors (Lipinski definition) is 0. The van der Waals surface area contributed by atoms with E-state index in [1.807, 2.05) is 0 Å². The van der Waals surface area contributed by atoms with Gasteiger partial charge in [0.05, 0.1) is 0 Å². The Hall–Kier alpha value is -6.76. The van der Waals surface area contributed by atoms with E-state index in [9.17, 15) is 0 Å². The van der Waals surface area contributed by atoms with Crippen molar-refractivity contribution in [1.82, 2.24) is 0 Å². The van der Waals surface area contributed by atoms with Gasteiger partial charge < -0.3 is 0 Å². The summed E-state index contributed by atoms with van der Waals surface area (Å²) in [6.45, 7) is 0. The first-order chi connectivity index (χ1) is 25.8. The van der Waals surface area contributed by atoms with Crippen molar-refractivity contribution >= 4 is 75.4 Å². The highest BCUT2D eigenvalue weighted by molar-refractivity contribution is 6.33. The molecule has 0 heteroatoms. The Morgan fingerprint density at radius 2 is 0.577 bits per heavy atom. The molecule has 0 spiro atoms. The molecule has 11 aromatic rings. The van der Waals surface area contributed by atoms with Crippen molar-refractivity contribution < 1.29 is 0 Å². The Morgan fingerprint density at radius 3 is 1.23 bits per heavy atom. The second kappa shape index (κ2) is 11.4. The maximum atomic E-state index is 2.46. The van der Waals surface area contributed by atoms with E-state index in [1.54, 1.807) is 0 Å². The molecular weight excluding hydrogens is 625 g/mol. The highest BCUT2D eigenvalue weighted by atomic mass is 14.2. The second-order valence-electron chi connectivity index (χ2n) is 14.1. The van der Waals surface area contributed by atoms with Gasteiger partial charge in [0.25, 0.3) is 0 Å². The summed E-state index contributed by atoms with van der Waals surface area (Å²) in [5.41, 5.74) is 7.45. The van der Waals surface area contributed by atoms with Gasteiger partial charge in [0.1, 0.15) is 0 Å². The zero-order valence-corrected chi connectivity index (χ0v) is 28.5. The van der Waals surface area contributed by atoms with E-state index in [4.69, 9.17) is 0 Å². The van der Waals surface area contributed by atoms with E-state index >= 15 is 0 Å². The van der Waals surface area contributed by atoms with E-state index in [1.165, 1.54) is 109 Å². The number of benzene rings is 11. The third-order valence-corrected chi connectivity index (χ3v) is 11.2. The standard InChI is InChI=1S/C52H32/c1-2-12-34-27-35(22-21-33(34)11-1)36-23-24-38-29-39(26-25-37(38)28-36)41-30-40-13-3-4-14-42(40)49(31-41)50-32-51-45-17-6-5-15-43(45)44-16-7-9-19-47(44)52(51)48-20-10-8-18-46(48)50/h1-32H. The smallest absolute Gasteiger partial charge is 0.00199 e. The Balaban J connectivity index is 1.12. The quantitative estimate of drug-likeness (QED) is 0.166. The van der Waals surface area contributed by atoms with Crippen molar-refractivity contribution in [2.24, 2.45) is 0 Å². The lowest BCUT2D eigenvalue weighted by Gasteiger charge is -2.18. The van der Waals surface area contributed by atoms with Gasteiger partial charge in [0.2, 0.25) is 0 Å².